The third-order valence-corrected chi connectivity index (χ3v) is 7.07. The molecule has 4 nitrogen and oxygen atoms in total. The van der Waals surface area contributed by atoms with Gasteiger partial charge >= 0.3 is 0 Å². The lowest BCUT2D eigenvalue weighted by Gasteiger charge is -2.43. The molecule has 1 heterocycles. The molecule has 2 fully saturated rings. The molecule has 0 unspecified atom stereocenters. The van der Waals surface area contributed by atoms with E-state index in [0.717, 1.165) is 36.6 Å². The highest BCUT2D eigenvalue weighted by Crippen LogP contribution is 2.57. The van der Waals surface area contributed by atoms with Crippen molar-refractivity contribution in [2.75, 3.05) is 0 Å². The van der Waals surface area contributed by atoms with Gasteiger partial charge in [0.1, 0.15) is 17.3 Å². The first kappa shape index (κ1) is 18.7. The highest BCUT2D eigenvalue weighted by Gasteiger charge is 2.51. The molecule has 158 valence electrons. The summed E-state index contributed by atoms with van der Waals surface area (Å²) in [4.78, 5) is 13.3. The number of rotatable bonds is 4. The maximum atomic E-state index is 14.5. The lowest BCUT2D eigenvalue weighted by atomic mass is 9.71. The van der Waals surface area contributed by atoms with Gasteiger partial charge in [-0.2, -0.15) is 5.10 Å². The molecule has 6 rings (SSSR count). The lowest BCUT2D eigenvalue weighted by Crippen LogP contribution is -2.51. The van der Waals surface area contributed by atoms with E-state index in [0.29, 0.717) is 24.3 Å². The maximum Gasteiger partial charge on any atom is 0.272 e. The Morgan fingerprint density at radius 3 is 2.61 bits per heavy atom. The summed E-state index contributed by atoms with van der Waals surface area (Å²) in [5.41, 5.74) is 1.80. The molecule has 0 bridgehead atoms. The van der Waals surface area contributed by atoms with Crippen LogP contribution in [-0.2, 0) is 12.0 Å². The summed E-state index contributed by atoms with van der Waals surface area (Å²) in [6, 6.07) is 9.87. The second-order valence-electron chi connectivity index (χ2n) is 8.90. The van der Waals surface area contributed by atoms with Crippen LogP contribution in [0.1, 0.15) is 58.9 Å². The number of carbonyl (C=O) groups is 1. The fourth-order valence-electron chi connectivity index (χ4n) is 5.25. The van der Waals surface area contributed by atoms with Crippen molar-refractivity contribution in [3.63, 3.8) is 0 Å². The molecule has 1 amide bonds. The molecule has 7 heteroatoms. The number of nitrogens with zero attached hydrogens (tertiary/aromatic N) is 2. The Balaban J connectivity index is 1.40. The van der Waals surface area contributed by atoms with Crippen molar-refractivity contribution >= 4 is 5.91 Å². The van der Waals surface area contributed by atoms with Crippen LogP contribution in [0.3, 0.4) is 0 Å². The Morgan fingerprint density at radius 2 is 1.90 bits per heavy atom. The Bertz CT molecular complexity index is 1230. The van der Waals surface area contributed by atoms with Crippen LogP contribution in [0, 0.1) is 23.4 Å². The highest BCUT2D eigenvalue weighted by atomic mass is 19.1. The zero-order valence-corrected chi connectivity index (χ0v) is 16.7. The van der Waals surface area contributed by atoms with Gasteiger partial charge in [0.15, 0.2) is 11.5 Å². The van der Waals surface area contributed by atoms with Crippen molar-refractivity contribution < 1.29 is 18.0 Å². The number of hydrogen-bond donors (Lipinski definition) is 1. The van der Waals surface area contributed by atoms with E-state index in [1.54, 1.807) is 18.2 Å². The molecule has 0 aliphatic heterocycles. The Labute approximate surface area is 177 Å². The smallest absolute Gasteiger partial charge is 0.272 e. The fourth-order valence-corrected chi connectivity index (χ4v) is 5.25. The van der Waals surface area contributed by atoms with Crippen LogP contribution in [0.2, 0.25) is 0 Å². The zero-order valence-electron chi connectivity index (χ0n) is 16.7. The van der Waals surface area contributed by atoms with Crippen LogP contribution in [0.15, 0.2) is 42.5 Å². The molecular weight excluding hydrogens is 403 g/mol. The standard InChI is InChI=1S/C24H20F3N3O/c25-14-6-7-20(19(27)12-14)30-22-15-10-13(15)11-16(22)21(29-30)23(31)28-24(8-3-9-24)17-4-1-2-5-18(17)26/h1-2,4-7,12-13,15H,3,8-11H2,(H,28,31)/t13-,15-/m1/s1. The molecule has 3 aromatic rings. The van der Waals surface area contributed by atoms with E-state index in [9.17, 15) is 18.0 Å². The van der Waals surface area contributed by atoms with Crippen molar-refractivity contribution in [3.05, 3.63) is 82.4 Å². The summed E-state index contributed by atoms with van der Waals surface area (Å²) >= 11 is 0. The second-order valence-corrected chi connectivity index (χ2v) is 8.90. The molecule has 2 aromatic carbocycles. The molecule has 0 saturated heterocycles. The predicted octanol–water partition coefficient (Wildman–Crippen LogP) is 4.76. The number of amides is 1. The van der Waals surface area contributed by atoms with Crippen LogP contribution >= 0.6 is 0 Å². The summed E-state index contributed by atoms with van der Waals surface area (Å²) in [6.45, 7) is 0. The van der Waals surface area contributed by atoms with Crippen LogP contribution in [0.5, 0.6) is 0 Å². The summed E-state index contributed by atoms with van der Waals surface area (Å²) in [6.07, 6.45) is 3.91. The third-order valence-electron chi connectivity index (χ3n) is 7.07. The molecule has 1 N–H and O–H groups in total. The van der Waals surface area contributed by atoms with E-state index >= 15 is 0 Å². The molecule has 31 heavy (non-hydrogen) atoms. The van der Waals surface area contributed by atoms with Gasteiger partial charge in [-0.05, 0) is 56.2 Å². The van der Waals surface area contributed by atoms with E-state index in [-0.39, 0.29) is 29.0 Å². The van der Waals surface area contributed by atoms with Crippen LogP contribution in [0.25, 0.3) is 5.69 Å². The monoisotopic (exact) mass is 423 g/mol. The number of aromatic nitrogens is 2. The van der Waals surface area contributed by atoms with Gasteiger partial charge in [-0.3, -0.25) is 4.79 Å². The number of fused-ring (bicyclic) bond motifs is 3. The number of hydrogen-bond acceptors (Lipinski definition) is 2. The topological polar surface area (TPSA) is 46.9 Å². The summed E-state index contributed by atoms with van der Waals surface area (Å²) in [7, 11) is 0. The first-order valence-electron chi connectivity index (χ1n) is 10.6. The zero-order chi connectivity index (χ0) is 21.3. The molecular formula is C24H20F3N3O. The molecule has 0 radical (unpaired) electrons. The number of carbonyl (C=O) groups excluding carboxylic acids is 1. The molecule has 3 aliphatic carbocycles. The normalized spacial score (nSPS) is 22.4. The minimum absolute atomic E-state index is 0.136. The third kappa shape index (κ3) is 2.75. The van der Waals surface area contributed by atoms with Gasteiger partial charge in [-0.1, -0.05) is 18.2 Å². The van der Waals surface area contributed by atoms with E-state index in [1.807, 2.05) is 0 Å². The average Bonchev–Trinajstić information content (AvgIpc) is 3.21. The van der Waals surface area contributed by atoms with Crippen LogP contribution in [-0.4, -0.2) is 15.7 Å². The van der Waals surface area contributed by atoms with Gasteiger partial charge in [-0.15, -0.1) is 0 Å². The molecule has 2 atom stereocenters. The van der Waals surface area contributed by atoms with Crippen molar-refractivity contribution in [3.8, 4) is 5.69 Å². The van der Waals surface area contributed by atoms with Crippen LogP contribution in [0.4, 0.5) is 13.2 Å². The molecule has 2 saturated carbocycles. The second kappa shape index (κ2) is 6.45. The predicted molar refractivity (Wildman–Crippen MR) is 107 cm³/mol. The Kier molecular flexibility index (Phi) is 3.88. The number of nitrogens with one attached hydrogen (secondary N) is 1. The first-order chi connectivity index (χ1) is 15.0. The van der Waals surface area contributed by atoms with Gasteiger partial charge in [0.25, 0.3) is 5.91 Å². The SMILES string of the molecule is O=C(NC1(c2ccccc2F)CCC1)c1nn(-c2ccc(F)cc2F)c2c1C[C@H]1C[C@@H]21. The van der Waals surface area contributed by atoms with Gasteiger partial charge < -0.3 is 5.32 Å². The quantitative estimate of drug-likeness (QED) is 0.658. The minimum Gasteiger partial charge on any atom is -0.341 e. The average molecular weight is 423 g/mol. The minimum atomic E-state index is -0.748. The molecule has 1 aromatic heterocycles. The summed E-state index contributed by atoms with van der Waals surface area (Å²) < 4.78 is 43.9. The fraction of sp³-hybridized carbons (Fsp3) is 0.333. The largest absolute Gasteiger partial charge is 0.341 e. The number of halogens is 3. The van der Waals surface area contributed by atoms with Gasteiger partial charge in [0.05, 0.1) is 11.2 Å². The van der Waals surface area contributed by atoms with E-state index < -0.39 is 17.2 Å². The maximum absolute atomic E-state index is 14.5. The van der Waals surface area contributed by atoms with Gasteiger partial charge in [0.2, 0.25) is 0 Å². The van der Waals surface area contributed by atoms with Gasteiger partial charge in [0, 0.05) is 23.1 Å². The van der Waals surface area contributed by atoms with E-state index in [2.05, 4.69) is 10.4 Å². The summed E-state index contributed by atoms with van der Waals surface area (Å²) in [5, 5.41) is 7.52. The van der Waals surface area contributed by atoms with Crippen molar-refractivity contribution in [1.82, 2.24) is 15.1 Å². The molecule has 3 aliphatic rings. The highest BCUT2D eigenvalue weighted by molar-refractivity contribution is 5.95. The van der Waals surface area contributed by atoms with E-state index in [4.69, 9.17) is 0 Å². The van der Waals surface area contributed by atoms with Crippen molar-refractivity contribution in [1.29, 1.82) is 0 Å². The number of benzene rings is 2. The lowest BCUT2D eigenvalue weighted by molar-refractivity contribution is 0.0811. The van der Waals surface area contributed by atoms with E-state index in [1.165, 1.54) is 22.9 Å². The Morgan fingerprint density at radius 1 is 1.10 bits per heavy atom. The summed E-state index contributed by atoms with van der Waals surface area (Å²) in [5.74, 6) is -1.40. The van der Waals surface area contributed by atoms with Crippen molar-refractivity contribution in [2.45, 2.75) is 43.6 Å². The van der Waals surface area contributed by atoms with Crippen LogP contribution < -0.4 is 5.32 Å². The molecule has 0 spiro atoms. The van der Waals surface area contributed by atoms with Gasteiger partial charge in [-0.25, -0.2) is 17.9 Å². The first-order valence-corrected chi connectivity index (χ1v) is 10.6. The Hall–Kier alpha value is -3.09. The van der Waals surface area contributed by atoms with Crippen molar-refractivity contribution in [2.24, 2.45) is 5.92 Å².